The van der Waals surface area contributed by atoms with Crippen LogP contribution in [0.3, 0.4) is 0 Å². The van der Waals surface area contributed by atoms with Gasteiger partial charge in [0.1, 0.15) is 12.4 Å². The summed E-state index contributed by atoms with van der Waals surface area (Å²) in [4.78, 5) is 0. The highest BCUT2D eigenvalue weighted by molar-refractivity contribution is 9.09. The first kappa shape index (κ1) is 14.5. The van der Waals surface area contributed by atoms with Crippen LogP contribution >= 0.6 is 15.9 Å². The van der Waals surface area contributed by atoms with E-state index in [0.29, 0.717) is 11.9 Å². The van der Waals surface area contributed by atoms with E-state index < -0.39 is 6.10 Å². The third kappa shape index (κ3) is 4.32. The van der Waals surface area contributed by atoms with Crippen molar-refractivity contribution in [3.63, 3.8) is 0 Å². The van der Waals surface area contributed by atoms with Crippen molar-refractivity contribution in [2.45, 2.75) is 39.2 Å². The predicted molar refractivity (Wildman–Crippen MR) is 75.2 cm³/mol. The summed E-state index contributed by atoms with van der Waals surface area (Å²) in [7, 11) is 0. The van der Waals surface area contributed by atoms with Crippen LogP contribution in [0.25, 0.3) is 0 Å². The van der Waals surface area contributed by atoms with E-state index in [-0.39, 0.29) is 5.41 Å². The highest BCUT2D eigenvalue weighted by Gasteiger charge is 2.15. The number of halogens is 1. The molecule has 1 N–H and O–H groups in total. The largest absolute Gasteiger partial charge is 0.491 e. The second kappa shape index (κ2) is 5.87. The van der Waals surface area contributed by atoms with Crippen LogP contribution in [0.4, 0.5) is 0 Å². The van der Waals surface area contributed by atoms with Crippen molar-refractivity contribution in [1.82, 2.24) is 0 Å². The molecule has 0 saturated heterocycles. The van der Waals surface area contributed by atoms with Gasteiger partial charge in [-0.25, -0.2) is 0 Å². The second-order valence-corrected chi connectivity index (χ2v) is 6.00. The first-order chi connectivity index (χ1) is 7.84. The average molecular weight is 301 g/mol. The molecule has 1 rings (SSSR count). The Bertz CT molecular complexity index is 369. The lowest BCUT2D eigenvalue weighted by Gasteiger charge is -2.21. The summed E-state index contributed by atoms with van der Waals surface area (Å²) < 4.78 is 5.58. The Morgan fingerprint density at radius 3 is 2.47 bits per heavy atom. The Balaban J connectivity index is 2.77. The average Bonchev–Trinajstić information content (AvgIpc) is 2.25. The van der Waals surface area contributed by atoms with Crippen molar-refractivity contribution in [2.75, 3.05) is 11.9 Å². The molecule has 0 aromatic heterocycles. The van der Waals surface area contributed by atoms with E-state index in [0.717, 1.165) is 11.3 Å². The molecule has 1 atom stereocenters. The summed E-state index contributed by atoms with van der Waals surface area (Å²) in [6.45, 7) is 8.93. The molecule has 2 nitrogen and oxygen atoms in total. The maximum absolute atomic E-state index is 9.42. The van der Waals surface area contributed by atoms with E-state index >= 15 is 0 Å². The molecule has 0 heterocycles. The lowest BCUT2D eigenvalue weighted by molar-refractivity contribution is 0.127. The molecule has 0 amide bonds. The minimum Gasteiger partial charge on any atom is -0.491 e. The van der Waals surface area contributed by atoms with Crippen LogP contribution < -0.4 is 4.74 Å². The van der Waals surface area contributed by atoms with Gasteiger partial charge in [0, 0.05) is 5.33 Å². The zero-order valence-electron chi connectivity index (χ0n) is 11.0. The molecule has 1 unspecified atom stereocenters. The highest BCUT2D eigenvalue weighted by atomic mass is 79.9. The van der Waals surface area contributed by atoms with Crippen LogP contribution in [0.15, 0.2) is 18.2 Å². The molecule has 0 aliphatic rings. The molecule has 0 aliphatic carbocycles. The minimum absolute atomic E-state index is 0.151. The van der Waals surface area contributed by atoms with Crippen molar-refractivity contribution in [2.24, 2.45) is 0 Å². The van der Waals surface area contributed by atoms with Crippen molar-refractivity contribution < 1.29 is 9.84 Å². The molecule has 0 saturated carbocycles. The number of hydrogen-bond donors (Lipinski definition) is 1. The Morgan fingerprint density at radius 1 is 1.35 bits per heavy atom. The van der Waals surface area contributed by atoms with Crippen LogP contribution in [0, 0.1) is 6.92 Å². The molecule has 1 aromatic rings. The first-order valence-corrected chi connectivity index (χ1v) is 6.94. The molecule has 96 valence electrons. The zero-order valence-corrected chi connectivity index (χ0v) is 12.5. The standard InChI is InChI=1S/C14H21BrO2/c1-10-7-11(14(2,3)4)5-6-13(10)17-9-12(16)8-15/h5-7,12,16H,8-9H2,1-4H3. The predicted octanol–water partition coefficient (Wildman–Crippen LogP) is 3.43. The summed E-state index contributed by atoms with van der Waals surface area (Å²) in [6.07, 6.45) is -0.461. The van der Waals surface area contributed by atoms with Crippen LogP contribution in [0.1, 0.15) is 31.9 Å². The lowest BCUT2D eigenvalue weighted by Crippen LogP contribution is -2.19. The Labute approximate surface area is 112 Å². The number of hydrogen-bond acceptors (Lipinski definition) is 2. The number of aryl methyl sites for hydroxylation is 1. The highest BCUT2D eigenvalue weighted by Crippen LogP contribution is 2.27. The van der Waals surface area contributed by atoms with Crippen LogP contribution in [0.2, 0.25) is 0 Å². The smallest absolute Gasteiger partial charge is 0.122 e. The van der Waals surface area contributed by atoms with Gasteiger partial charge < -0.3 is 9.84 Å². The number of ether oxygens (including phenoxy) is 1. The fourth-order valence-corrected chi connectivity index (χ4v) is 1.70. The summed E-state index contributed by atoms with van der Waals surface area (Å²) in [5, 5.41) is 9.96. The van der Waals surface area contributed by atoms with Gasteiger partial charge in [0.25, 0.3) is 0 Å². The van der Waals surface area contributed by atoms with E-state index in [1.54, 1.807) is 0 Å². The monoisotopic (exact) mass is 300 g/mol. The lowest BCUT2D eigenvalue weighted by atomic mass is 9.86. The van der Waals surface area contributed by atoms with E-state index in [9.17, 15) is 5.11 Å². The Morgan fingerprint density at radius 2 is 2.00 bits per heavy atom. The SMILES string of the molecule is Cc1cc(C(C)(C)C)ccc1OCC(O)CBr. The van der Waals surface area contributed by atoms with Gasteiger partial charge in [-0.15, -0.1) is 0 Å². The molecule has 0 fully saturated rings. The van der Waals surface area contributed by atoms with Crippen molar-refractivity contribution in [3.05, 3.63) is 29.3 Å². The normalized spacial score (nSPS) is 13.5. The molecule has 1 aromatic carbocycles. The van der Waals surface area contributed by atoms with E-state index in [2.05, 4.69) is 48.8 Å². The number of aliphatic hydroxyl groups excluding tert-OH is 1. The van der Waals surface area contributed by atoms with Crippen molar-refractivity contribution in [3.8, 4) is 5.75 Å². The van der Waals surface area contributed by atoms with E-state index in [1.165, 1.54) is 5.56 Å². The Kier molecular flexibility index (Phi) is 5.02. The van der Waals surface area contributed by atoms with E-state index in [4.69, 9.17) is 4.74 Å². The maximum Gasteiger partial charge on any atom is 0.122 e. The number of aliphatic hydroxyl groups is 1. The third-order valence-corrected chi connectivity index (χ3v) is 3.40. The minimum atomic E-state index is -0.461. The quantitative estimate of drug-likeness (QED) is 0.863. The fourth-order valence-electron chi connectivity index (χ4n) is 1.51. The molecule has 0 radical (unpaired) electrons. The maximum atomic E-state index is 9.42. The number of rotatable bonds is 4. The summed E-state index contributed by atoms with van der Waals surface area (Å²) in [5.74, 6) is 0.845. The van der Waals surface area contributed by atoms with Gasteiger partial charge in [0.2, 0.25) is 0 Å². The third-order valence-electron chi connectivity index (χ3n) is 2.65. The summed E-state index contributed by atoms with van der Waals surface area (Å²) >= 11 is 3.21. The van der Waals surface area contributed by atoms with Crippen LogP contribution in [-0.4, -0.2) is 23.1 Å². The second-order valence-electron chi connectivity index (χ2n) is 5.35. The molecule has 17 heavy (non-hydrogen) atoms. The zero-order chi connectivity index (χ0) is 13.1. The van der Waals surface area contributed by atoms with Crippen molar-refractivity contribution in [1.29, 1.82) is 0 Å². The van der Waals surface area contributed by atoms with Gasteiger partial charge in [-0.1, -0.05) is 48.8 Å². The number of alkyl halides is 1. The van der Waals surface area contributed by atoms with Gasteiger partial charge >= 0.3 is 0 Å². The van der Waals surface area contributed by atoms with Gasteiger partial charge in [0.15, 0.2) is 0 Å². The molecule has 0 aliphatic heterocycles. The molecule has 0 spiro atoms. The summed E-state index contributed by atoms with van der Waals surface area (Å²) in [6, 6.07) is 6.22. The fraction of sp³-hybridized carbons (Fsp3) is 0.571. The van der Waals surface area contributed by atoms with Crippen LogP contribution in [-0.2, 0) is 5.41 Å². The Hall–Kier alpha value is -0.540. The van der Waals surface area contributed by atoms with Gasteiger partial charge in [0.05, 0.1) is 6.10 Å². The number of benzene rings is 1. The van der Waals surface area contributed by atoms with Crippen molar-refractivity contribution >= 4 is 15.9 Å². The topological polar surface area (TPSA) is 29.5 Å². The molecule has 3 heteroatoms. The summed E-state index contributed by atoms with van der Waals surface area (Å²) in [5.41, 5.74) is 2.56. The van der Waals surface area contributed by atoms with Crippen LogP contribution in [0.5, 0.6) is 5.75 Å². The first-order valence-electron chi connectivity index (χ1n) is 5.82. The molecular weight excluding hydrogens is 280 g/mol. The van der Waals surface area contributed by atoms with Gasteiger partial charge in [-0.3, -0.25) is 0 Å². The van der Waals surface area contributed by atoms with Gasteiger partial charge in [-0.2, -0.15) is 0 Å². The molecule has 0 bridgehead atoms. The van der Waals surface area contributed by atoms with E-state index in [1.807, 2.05) is 13.0 Å². The molecular formula is C14H21BrO2. The van der Waals surface area contributed by atoms with Gasteiger partial charge in [-0.05, 0) is 29.5 Å².